The molecule has 0 aromatic carbocycles. The monoisotopic (exact) mass is 248 g/mol. The first-order valence-electron chi connectivity index (χ1n) is 6.10. The molecule has 0 saturated carbocycles. The van der Waals surface area contributed by atoms with Crippen molar-refractivity contribution in [2.24, 2.45) is 5.92 Å². The van der Waals surface area contributed by atoms with E-state index in [0.29, 0.717) is 18.1 Å². The van der Waals surface area contributed by atoms with Gasteiger partial charge in [-0.1, -0.05) is 20.8 Å². The van der Waals surface area contributed by atoms with E-state index in [1.165, 1.54) is 0 Å². The number of ether oxygens (including phenoxy) is 1. The fourth-order valence-corrected chi connectivity index (χ4v) is 0.804. The van der Waals surface area contributed by atoms with Crippen LogP contribution in [0.1, 0.15) is 54.4 Å². The molecule has 0 fully saturated rings. The molecule has 0 amide bonds. The number of hydrogen-bond donors (Lipinski definition) is 1. The molecule has 4 heteroatoms. The Kier molecular flexibility index (Phi) is 22.0. The molecule has 17 heavy (non-hydrogen) atoms. The standard InChI is InChI=1S/C7H14O.C4H10O.C2H4O2/c1-4-7(8)5-6(2)3;1-3-5-4-2;1-2(3)4/h6H,4-5H2,1-3H3;3-4H2,1-2H3;1H3,(H,3,4). The van der Waals surface area contributed by atoms with Crippen molar-refractivity contribution in [3.63, 3.8) is 0 Å². The molecule has 4 nitrogen and oxygen atoms in total. The number of carbonyl (C=O) groups is 2. The van der Waals surface area contributed by atoms with Crippen molar-refractivity contribution in [1.82, 2.24) is 0 Å². The zero-order chi connectivity index (χ0) is 14.3. The maximum atomic E-state index is 10.6. The third-order valence-corrected chi connectivity index (χ3v) is 1.44. The summed E-state index contributed by atoms with van der Waals surface area (Å²) in [6.45, 7) is 12.8. The minimum atomic E-state index is -0.833. The van der Waals surface area contributed by atoms with Crippen LogP contribution in [-0.4, -0.2) is 30.1 Å². The van der Waals surface area contributed by atoms with Gasteiger partial charge >= 0.3 is 0 Å². The third kappa shape index (κ3) is 51.4. The van der Waals surface area contributed by atoms with E-state index in [-0.39, 0.29) is 0 Å². The number of carbonyl (C=O) groups excluding carboxylic acids is 1. The highest BCUT2D eigenvalue weighted by molar-refractivity contribution is 5.78. The van der Waals surface area contributed by atoms with Crippen molar-refractivity contribution in [3.8, 4) is 0 Å². The molecule has 0 radical (unpaired) electrons. The Morgan fingerprint density at radius 2 is 1.47 bits per heavy atom. The maximum Gasteiger partial charge on any atom is 0.300 e. The normalized spacial score (nSPS) is 8.65. The molecule has 104 valence electrons. The summed E-state index contributed by atoms with van der Waals surface area (Å²) in [5.74, 6) is 0.0717. The summed E-state index contributed by atoms with van der Waals surface area (Å²) >= 11 is 0. The lowest BCUT2D eigenvalue weighted by Crippen LogP contribution is -1.99. The number of aliphatic carboxylic acids is 1. The van der Waals surface area contributed by atoms with Crippen LogP contribution in [0.15, 0.2) is 0 Å². The van der Waals surface area contributed by atoms with Gasteiger partial charge in [0.15, 0.2) is 0 Å². The molecule has 0 aliphatic carbocycles. The molecule has 0 bridgehead atoms. The van der Waals surface area contributed by atoms with Crippen LogP contribution in [0.2, 0.25) is 0 Å². The topological polar surface area (TPSA) is 63.6 Å². The highest BCUT2D eigenvalue weighted by Gasteiger charge is 1.99. The zero-order valence-electron chi connectivity index (χ0n) is 12.1. The molecule has 0 aromatic heterocycles. The summed E-state index contributed by atoms with van der Waals surface area (Å²) < 4.78 is 4.83. The van der Waals surface area contributed by atoms with Gasteiger partial charge in [-0.2, -0.15) is 0 Å². The molecular formula is C13H28O4. The minimum absolute atomic E-state index is 0.375. The van der Waals surface area contributed by atoms with Gasteiger partial charge in [-0.25, -0.2) is 0 Å². The minimum Gasteiger partial charge on any atom is -0.481 e. The van der Waals surface area contributed by atoms with E-state index in [0.717, 1.165) is 26.6 Å². The number of ketones is 1. The van der Waals surface area contributed by atoms with Crippen molar-refractivity contribution in [1.29, 1.82) is 0 Å². The van der Waals surface area contributed by atoms with Crippen LogP contribution in [-0.2, 0) is 14.3 Å². The van der Waals surface area contributed by atoms with E-state index in [9.17, 15) is 4.79 Å². The SMILES string of the molecule is CC(=O)O.CCC(=O)CC(C)C.CCOCC. The first-order valence-corrected chi connectivity index (χ1v) is 6.10. The van der Waals surface area contributed by atoms with Crippen LogP contribution < -0.4 is 0 Å². The Balaban J connectivity index is -0.000000188. The average Bonchev–Trinajstić information content (AvgIpc) is 2.18. The molecule has 0 saturated heterocycles. The van der Waals surface area contributed by atoms with Crippen LogP contribution in [0.4, 0.5) is 0 Å². The van der Waals surface area contributed by atoms with Gasteiger partial charge in [-0.3, -0.25) is 9.59 Å². The summed E-state index contributed by atoms with van der Waals surface area (Å²) in [7, 11) is 0. The second-order valence-electron chi connectivity index (χ2n) is 3.79. The highest BCUT2D eigenvalue weighted by atomic mass is 16.5. The number of Topliss-reactive ketones (excluding diaryl/α,β-unsaturated/α-hetero) is 1. The molecule has 0 aliphatic heterocycles. The van der Waals surface area contributed by atoms with Crippen LogP contribution in [0.3, 0.4) is 0 Å². The molecular weight excluding hydrogens is 220 g/mol. The van der Waals surface area contributed by atoms with Crippen molar-refractivity contribution >= 4 is 11.8 Å². The first kappa shape index (κ1) is 21.4. The smallest absolute Gasteiger partial charge is 0.300 e. The Hall–Kier alpha value is -0.900. The van der Waals surface area contributed by atoms with Crippen LogP contribution in [0.5, 0.6) is 0 Å². The fraction of sp³-hybridized carbons (Fsp3) is 0.846. The lowest BCUT2D eigenvalue weighted by atomic mass is 10.1. The number of hydrogen-bond acceptors (Lipinski definition) is 3. The van der Waals surface area contributed by atoms with E-state index in [4.69, 9.17) is 14.6 Å². The number of rotatable bonds is 5. The number of carboxylic acid groups (broad SMARTS) is 1. The van der Waals surface area contributed by atoms with Crippen molar-refractivity contribution in [2.75, 3.05) is 13.2 Å². The summed E-state index contributed by atoms with van der Waals surface area (Å²) in [4.78, 5) is 19.6. The zero-order valence-corrected chi connectivity index (χ0v) is 12.1. The average molecular weight is 248 g/mol. The molecule has 0 unspecified atom stereocenters. The van der Waals surface area contributed by atoms with Crippen molar-refractivity contribution in [2.45, 2.75) is 54.4 Å². The van der Waals surface area contributed by atoms with Crippen molar-refractivity contribution < 1.29 is 19.4 Å². The molecule has 1 N–H and O–H groups in total. The highest BCUT2D eigenvalue weighted by Crippen LogP contribution is 2.01. The summed E-state index contributed by atoms with van der Waals surface area (Å²) in [5, 5.41) is 7.42. The predicted molar refractivity (Wildman–Crippen MR) is 70.2 cm³/mol. The molecule has 0 rings (SSSR count). The van der Waals surface area contributed by atoms with E-state index in [1.54, 1.807) is 0 Å². The van der Waals surface area contributed by atoms with Crippen molar-refractivity contribution in [3.05, 3.63) is 0 Å². The second-order valence-corrected chi connectivity index (χ2v) is 3.79. The lowest BCUT2D eigenvalue weighted by Gasteiger charge is -1.98. The van der Waals surface area contributed by atoms with Gasteiger partial charge in [-0.05, 0) is 19.8 Å². The quantitative estimate of drug-likeness (QED) is 0.811. The van der Waals surface area contributed by atoms with Gasteiger partial charge in [0.05, 0.1) is 0 Å². The summed E-state index contributed by atoms with van der Waals surface area (Å²) in [5.41, 5.74) is 0. The Morgan fingerprint density at radius 3 is 1.53 bits per heavy atom. The Labute approximate surface area is 105 Å². The Bertz CT molecular complexity index is 170. The van der Waals surface area contributed by atoms with Crippen LogP contribution >= 0.6 is 0 Å². The van der Waals surface area contributed by atoms with Crippen LogP contribution in [0, 0.1) is 5.92 Å². The molecule has 0 spiro atoms. The summed E-state index contributed by atoms with van der Waals surface area (Å²) in [6.07, 6.45) is 1.44. The Morgan fingerprint density at radius 1 is 1.12 bits per heavy atom. The van der Waals surface area contributed by atoms with Gasteiger partial charge in [-0.15, -0.1) is 0 Å². The van der Waals surface area contributed by atoms with Crippen LogP contribution in [0.25, 0.3) is 0 Å². The van der Waals surface area contributed by atoms with E-state index in [2.05, 4.69) is 13.8 Å². The fourth-order valence-electron chi connectivity index (χ4n) is 0.804. The predicted octanol–water partition coefficient (Wildman–Crippen LogP) is 3.15. The largest absolute Gasteiger partial charge is 0.481 e. The second kappa shape index (κ2) is 17.5. The first-order chi connectivity index (χ1) is 7.81. The summed E-state index contributed by atoms with van der Waals surface area (Å²) in [6, 6.07) is 0. The van der Waals surface area contributed by atoms with E-state index >= 15 is 0 Å². The van der Waals surface area contributed by atoms with E-state index in [1.807, 2.05) is 20.8 Å². The van der Waals surface area contributed by atoms with Gasteiger partial charge in [0, 0.05) is 33.0 Å². The van der Waals surface area contributed by atoms with Gasteiger partial charge in [0.1, 0.15) is 5.78 Å². The molecule has 0 aromatic rings. The molecule has 0 atom stereocenters. The molecule has 0 heterocycles. The van der Waals surface area contributed by atoms with E-state index < -0.39 is 5.97 Å². The maximum absolute atomic E-state index is 10.6. The van der Waals surface area contributed by atoms with Gasteiger partial charge in [0.2, 0.25) is 0 Å². The number of carboxylic acids is 1. The van der Waals surface area contributed by atoms with Gasteiger partial charge < -0.3 is 9.84 Å². The third-order valence-electron chi connectivity index (χ3n) is 1.44. The molecule has 0 aliphatic rings. The van der Waals surface area contributed by atoms with Gasteiger partial charge in [0.25, 0.3) is 5.97 Å². The lowest BCUT2D eigenvalue weighted by molar-refractivity contribution is -0.134.